The van der Waals surface area contributed by atoms with Gasteiger partial charge in [0.25, 0.3) is 0 Å². The number of benzene rings is 1. The monoisotopic (exact) mass is 242 g/mol. The van der Waals surface area contributed by atoms with Gasteiger partial charge < -0.3 is 5.11 Å². The molecule has 0 saturated heterocycles. The molecule has 0 saturated carbocycles. The van der Waals surface area contributed by atoms with Crippen LogP contribution in [-0.2, 0) is 14.8 Å². The van der Waals surface area contributed by atoms with Crippen molar-refractivity contribution >= 4 is 16.0 Å². The van der Waals surface area contributed by atoms with Crippen LogP contribution in [0, 0.1) is 13.5 Å². The summed E-state index contributed by atoms with van der Waals surface area (Å²) in [5.74, 6) is -1.31. The lowest BCUT2D eigenvalue weighted by atomic mass is 10.2. The summed E-state index contributed by atoms with van der Waals surface area (Å²) in [6.45, 7) is 2.44. The predicted octanol–water partition coefficient (Wildman–Crippen LogP) is 0.862. The van der Waals surface area contributed by atoms with Crippen LogP contribution in [0.1, 0.15) is 5.56 Å². The summed E-state index contributed by atoms with van der Waals surface area (Å²) in [7, 11) is -2.57. The standard InChI is InChI=1S/C10H12NO4S/c1-8-3-5-9(6-4-8)16(14,15)11(2)7-10(12)13/h3-7H,1-2H3,(H,12,13). The van der Waals surface area contributed by atoms with Crippen LogP contribution in [0.3, 0.4) is 0 Å². The van der Waals surface area contributed by atoms with Gasteiger partial charge in [0.2, 0.25) is 10.0 Å². The molecule has 0 atom stereocenters. The fourth-order valence-corrected chi connectivity index (χ4v) is 2.14. The Morgan fingerprint density at radius 3 is 2.25 bits per heavy atom. The second-order valence-corrected chi connectivity index (χ2v) is 5.30. The van der Waals surface area contributed by atoms with E-state index in [0.717, 1.165) is 5.56 Å². The highest BCUT2D eigenvalue weighted by molar-refractivity contribution is 7.89. The van der Waals surface area contributed by atoms with E-state index >= 15 is 0 Å². The van der Waals surface area contributed by atoms with Crippen molar-refractivity contribution in [3.63, 3.8) is 0 Å². The number of sulfonamides is 1. The molecule has 5 nitrogen and oxygen atoms in total. The molecular weight excluding hydrogens is 230 g/mol. The number of carbonyl (C=O) groups is 1. The average Bonchev–Trinajstić information content (AvgIpc) is 2.17. The normalized spacial score (nSPS) is 11.7. The van der Waals surface area contributed by atoms with E-state index in [-0.39, 0.29) is 4.90 Å². The van der Waals surface area contributed by atoms with Gasteiger partial charge in [0.1, 0.15) is 6.54 Å². The van der Waals surface area contributed by atoms with Crippen LogP contribution in [0.25, 0.3) is 0 Å². The number of hydrogen-bond acceptors (Lipinski definition) is 3. The van der Waals surface area contributed by atoms with E-state index in [1.54, 1.807) is 12.1 Å². The van der Waals surface area contributed by atoms with Crippen molar-refractivity contribution in [1.29, 1.82) is 0 Å². The van der Waals surface area contributed by atoms with Crippen molar-refractivity contribution in [3.8, 4) is 0 Å². The minimum Gasteiger partial charge on any atom is -0.480 e. The highest BCUT2D eigenvalue weighted by Gasteiger charge is 2.22. The Balaban J connectivity index is 3.02. The van der Waals surface area contributed by atoms with E-state index in [0.29, 0.717) is 10.8 Å². The Labute approximate surface area is 94.4 Å². The SMILES string of the molecule is Cc1ccc(S(=O)(=O)N(C)[CH]C(=O)O)cc1. The third-order valence-corrected chi connectivity index (χ3v) is 3.72. The summed E-state index contributed by atoms with van der Waals surface area (Å²) in [5, 5.41) is 8.48. The number of aryl methyl sites for hydroxylation is 1. The first-order valence-electron chi connectivity index (χ1n) is 4.46. The van der Waals surface area contributed by atoms with E-state index in [2.05, 4.69) is 0 Å². The maximum absolute atomic E-state index is 11.8. The van der Waals surface area contributed by atoms with Gasteiger partial charge in [-0.15, -0.1) is 0 Å². The zero-order valence-electron chi connectivity index (χ0n) is 8.91. The van der Waals surface area contributed by atoms with Crippen LogP contribution < -0.4 is 0 Å². The minimum atomic E-state index is -3.75. The molecule has 87 valence electrons. The summed E-state index contributed by atoms with van der Waals surface area (Å²) in [6, 6.07) is 6.19. The van der Waals surface area contributed by atoms with Crippen molar-refractivity contribution in [2.24, 2.45) is 0 Å². The number of carboxylic acids is 1. The largest absolute Gasteiger partial charge is 0.480 e. The minimum absolute atomic E-state index is 0.0677. The molecule has 1 rings (SSSR count). The molecule has 1 radical (unpaired) electrons. The third-order valence-electron chi connectivity index (χ3n) is 1.99. The zero-order chi connectivity index (χ0) is 12.3. The Hall–Kier alpha value is -1.40. The molecule has 0 aromatic heterocycles. The molecule has 0 heterocycles. The highest BCUT2D eigenvalue weighted by atomic mass is 32.2. The summed E-state index contributed by atoms with van der Waals surface area (Å²) in [4.78, 5) is 10.4. The highest BCUT2D eigenvalue weighted by Crippen LogP contribution is 2.15. The Morgan fingerprint density at radius 1 is 1.31 bits per heavy atom. The van der Waals surface area contributed by atoms with Gasteiger partial charge in [-0.1, -0.05) is 17.7 Å². The topological polar surface area (TPSA) is 74.7 Å². The van der Waals surface area contributed by atoms with E-state index in [9.17, 15) is 13.2 Å². The quantitative estimate of drug-likeness (QED) is 0.849. The van der Waals surface area contributed by atoms with E-state index in [1.165, 1.54) is 19.2 Å². The predicted molar refractivity (Wildman–Crippen MR) is 58.1 cm³/mol. The summed E-state index contributed by atoms with van der Waals surface area (Å²) < 4.78 is 24.3. The number of nitrogens with zero attached hydrogens (tertiary/aromatic N) is 1. The average molecular weight is 242 g/mol. The molecule has 0 bridgehead atoms. The number of rotatable bonds is 4. The zero-order valence-corrected chi connectivity index (χ0v) is 9.73. The lowest BCUT2D eigenvalue weighted by molar-refractivity contribution is -0.134. The lowest BCUT2D eigenvalue weighted by Gasteiger charge is -2.14. The second-order valence-electron chi connectivity index (χ2n) is 3.30. The first kappa shape index (κ1) is 12.7. The summed E-state index contributed by atoms with van der Waals surface area (Å²) >= 11 is 0. The van der Waals surface area contributed by atoms with Gasteiger partial charge in [-0.2, -0.15) is 4.31 Å². The van der Waals surface area contributed by atoms with Crippen LogP contribution in [-0.4, -0.2) is 30.8 Å². The third kappa shape index (κ3) is 2.80. The number of aliphatic carboxylic acids is 1. The van der Waals surface area contributed by atoms with Crippen molar-refractivity contribution in [3.05, 3.63) is 36.4 Å². The van der Waals surface area contributed by atoms with E-state index < -0.39 is 16.0 Å². The van der Waals surface area contributed by atoms with Gasteiger partial charge >= 0.3 is 5.97 Å². The molecule has 0 fully saturated rings. The molecule has 0 aliphatic heterocycles. The molecule has 0 aliphatic carbocycles. The molecule has 0 unspecified atom stereocenters. The first-order valence-corrected chi connectivity index (χ1v) is 5.90. The van der Waals surface area contributed by atoms with Crippen molar-refractivity contribution in [2.45, 2.75) is 11.8 Å². The Morgan fingerprint density at radius 2 is 1.81 bits per heavy atom. The number of carboxylic acid groups (broad SMARTS) is 1. The Kier molecular flexibility index (Phi) is 3.66. The molecule has 1 aromatic rings. The molecule has 0 aliphatic rings. The number of likely N-dealkylation sites (N-methyl/N-ethyl adjacent to an activating group) is 1. The molecule has 0 spiro atoms. The van der Waals surface area contributed by atoms with E-state index in [1.807, 2.05) is 6.92 Å². The van der Waals surface area contributed by atoms with Gasteiger partial charge in [-0.3, -0.25) is 4.79 Å². The second kappa shape index (κ2) is 4.63. The van der Waals surface area contributed by atoms with Crippen LogP contribution in [0.15, 0.2) is 29.2 Å². The van der Waals surface area contributed by atoms with E-state index in [4.69, 9.17) is 5.11 Å². The van der Waals surface area contributed by atoms with Gasteiger partial charge in [-0.05, 0) is 19.1 Å². The maximum atomic E-state index is 11.8. The molecule has 1 aromatic carbocycles. The van der Waals surface area contributed by atoms with Gasteiger partial charge in [0.15, 0.2) is 0 Å². The van der Waals surface area contributed by atoms with Crippen LogP contribution in [0.4, 0.5) is 0 Å². The fraction of sp³-hybridized carbons (Fsp3) is 0.200. The van der Waals surface area contributed by atoms with Crippen molar-refractivity contribution in [1.82, 2.24) is 4.31 Å². The molecule has 1 N–H and O–H groups in total. The van der Waals surface area contributed by atoms with Gasteiger partial charge in [0, 0.05) is 7.05 Å². The summed E-state index contributed by atoms with van der Waals surface area (Å²) in [5.41, 5.74) is 0.934. The smallest absolute Gasteiger partial charge is 0.324 e. The molecule has 6 heteroatoms. The van der Waals surface area contributed by atoms with Crippen LogP contribution in [0.2, 0.25) is 0 Å². The van der Waals surface area contributed by atoms with Gasteiger partial charge in [0.05, 0.1) is 4.90 Å². The van der Waals surface area contributed by atoms with Crippen LogP contribution >= 0.6 is 0 Å². The van der Waals surface area contributed by atoms with Crippen LogP contribution in [0.5, 0.6) is 0 Å². The first-order chi connectivity index (χ1) is 7.34. The summed E-state index contributed by atoms with van der Waals surface area (Å²) in [6.07, 6.45) is 0. The molecule has 16 heavy (non-hydrogen) atoms. The fourth-order valence-electron chi connectivity index (χ4n) is 1.10. The molecular formula is C10H12NO4S. The van der Waals surface area contributed by atoms with Gasteiger partial charge in [-0.25, -0.2) is 8.42 Å². The lowest BCUT2D eigenvalue weighted by Crippen LogP contribution is -2.27. The molecule has 0 amide bonds. The van der Waals surface area contributed by atoms with Crippen molar-refractivity contribution < 1.29 is 18.3 Å². The maximum Gasteiger partial charge on any atom is 0.324 e. The number of hydrogen-bond donors (Lipinski definition) is 1. The van der Waals surface area contributed by atoms with Crippen molar-refractivity contribution in [2.75, 3.05) is 7.05 Å². The Bertz CT molecular complexity index is 478.